The molecule has 0 bridgehead atoms. The van der Waals surface area contributed by atoms with Crippen molar-refractivity contribution in [1.29, 1.82) is 0 Å². The van der Waals surface area contributed by atoms with Gasteiger partial charge in [0.05, 0.1) is 16.9 Å². The number of carbonyl (C=O) groups excluding carboxylic acids is 2. The first-order chi connectivity index (χ1) is 12.5. The lowest BCUT2D eigenvalue weighted by molar-refractivity contribution is -0.117. The molecule has 7 heteroatoms. The first-order valence-corrected chi connectivity index (χ1v) is 8.37. The highest BCUT2D eigenvalue weighted by molar-refractivity contribution is 6.33. The Labute approximate surface area is 155 Å². The van der Waals surface area contributed by atoms with E-state index < -0.39 is 11.9 Å². The van der Waals surface area contributed by atoms with Crippen LogP contribution >= 0.6 is 11.6 Å². The number of hydrogen-bond donors (Lipinski definition) is 2. The van der Waals surface area contributed by atoms with Crippen LogP contribution < -0.4 is 10.6 Å². The van der Waals surface area contributed by atoms with E-state index in [0.717, 1.165) is 5.69 Å². The summed E-state index contributed by atoms with van der Waals surface area (Å²) in [5.74, 6) is -0.713. The van der Waals surface area contributed by atoms with Crippen LogP contribution in [0, 0.1) is 0 Å². The molecular formula is C19H17ClN4O2. The van der Waals surface area contributed by atoms with Crippen LogP contribution in [0.3, 0.4) is 0 Å². The fraction of sp³-hybridized carbons (Fsp3) is 0.105. The summed E-state index contributed by atoms with van der Waals surface area (Å²) in [7, 11) is 0. The molecule has 1 heterocycles. The number of halogens is 1. The number of imidazole rings is 1. The second-order valence-electron chi connectivity index (χ2n) is 5.68. The number of nitrogens with one attached hydrogen (secondary N) is 2. The molecule has 0 unspecified atom stereocenters. The molecule has 2 N–H and O–H groups in total. The minimum absolute atomic E-state index is 0.319. The molecule has 132 valence electrons. The zero-order valence-corrected chi connectivity index (χ0v) is 14.8. The van der Waals surface area contributed by atoms with Gasteiger partial charge >= 0.3 is 0 Å². The van der Waals surface area contributed by atoms with Crippen LogP contribution in [0.5, 0.6) is 0 Å². The quantitative estimate of drug-likeness (QED) is 0.725. The van der Waals surface area contributed by atoms with E-state index in [1.54, 1.807) is 55.8 Å². The molecule has 0 aliphatic heterocycles. The Hall–Kier alpha value is -3.12. The summed E-state index contributed by atoms with van der Waals surface area (Å²) >= 11 is 6.00. The van der Waals surface area contributed by atoms with Gasteiger partial charge in [-0.15, -0.1) is 0 Å². The monoisotopic (exact) mass is 368 g/mol. The molecule has 6 nitrogen and oxygen atoms in total. The minimum atomic E-state index is -0.716. The Morgan fingerprint density at radius 3 is 2.50 bits per heavy atom. The number of carbonyl (C=O) groups is 2. The van der Waals surface area contributed by atoms with Gasteiger partial charge in [0.15, 0.2) is 0 Å². The van der Waals surface area contributed by atoms with Gasteiger partial charge in [-0.2, -0.15) is 0 Å². The molecule has 0 fully saturated rings. The molecule has 0 spiro atoms. The molecule has 2 aromatic carbocycles. The molecule has 1 aromatic heterocycles. The maximum atomic E-state index is 12.3. The number of amides is 2. The summed E-state index contributed by atoms with van der Waals surface area (Å²) in [6.45, 7) is 1.62. The summed E-state index contributed by atoms with van der Waals surface area (Å²) in [6.07, 6.45) is 5.22. The van der Waals surface area contributed by atoms with Gasteiger partial charge in [0.2, 0.25) is 5.91 Å². The van der Waals surface area contributed by atoms with E-state index in [1.165, 1.54) is 0 Å². The largest absolute Gasteiger partial charge is 0.340 e. The standard InChI is InChI=1S/C19H17ClN4O2/c1-13(22-19(26)16-4-2-3-5-17(16)20)18(25)23-14-6-8-15(9-7-14)24-11-10-21-12-24/h2-13H,1H3,(H,22,26)(H,23,25)/t13-/m1/s1. The van der Waals surface area contributed by atoms with Crippen LogP contribution in [-0.2, 0) is 4.79 Å². The van der Waals surface area contributed by atoms with Gasteiger partial charge in [0.1, 0.15) is 6.04 Å². The van der Waals surface area contributed by atoms with Crippen molar-refractivity contribution in [2.75, 3.05) is 5.32 Å². The zero-order valence-electron chi connectivity index (χ0n) is 14.0. The first-order valence-electron chi connectivity index (χ1n) is 7.99. The van der Waals surface area contributed by atoms with Gasteiger partial charge < -0.3 is 15.2 Å². The Morgan fingerprint density at radius 2 is 1.85 bits per heavy atom. The van der Waals surface area contributed by atoms with Crippen molar-refractivity contribution in [3.8, 4) is 5.69 Å². The third kappa shape index (κ3) is 4.10. The van der Waals surface area contributed by atoms with E-state index in [2.05, 4.69) is 15.6 Å². The lowest BCUT2D eigenvalue weighted by Crippen LogP contribution is -2.41. The second-order valence-corrected chi connectivity index (χ2v) is 6.09. The fourth-order valence-electron chi connectivity index (χ4n) is 2.36. The maximum Gasteiger partial charge on any atom is 0.253 e. The summed E-state index contributed by atoms with van der Waals surface area (Å²) in [6, 6.07) is 13.3. The third-order valence-corrected chi connectivity index (χ3v) is 4.13. The van der Waals surface area contributed by atoms with Gasteiger partial charge in [-0.25, -0.2) is 4.98 Å². The fourth-order valence-corrected chi connectivity index (χ4v) is 2.59. The van der Waals surface area contributed by atoms with E-state index in [1.807, 2.05) is 22.9 Å². The van der Waals surface area contributed by atoms with Gasteiger partial charge in [0, 0.05) is 23.8 Å². The normalized spacial score (nSPS) is 11.6. The number of anilines is 1. The maximum absolute atomic E-state index is 12.3. The summed E-state index contributed by atoms with van der Waals surface area (Å²) in [5.41, 5.74) is 1.90. The molecule has 0 saturated heterocycles. The summed E-state index contributed by atoms with van der Waals surface area (Å²) in [5, 5.41) is 5.76. The SMILES string of the molecule is C[C@@H](NC(=O)c1ccccc1Cl)C(=O)Nc1ccc(-n2ccnc2)cc1. The highest BCUT2D eigenvalue weighted by Crippen LogP contribution is 2.15. The van der Waals surface area contributed by atoms with Crippen LogP contribution in [0.2, 0.25) is 5.02 Å². The van der Waals surface area contributed by atoms with E-state index in [4.69, 9.17) is 11.6 Å². The summed E-state index contributed by atoms with van der Waals surface area (Å²) in [4.78, 5) is 28.5. The predicted octanol–water partition coefficient (Wildman–Crippen LogP) is 3.28. The third-order valence-electron chi connectivity index (χ3n) is 3.80. The van der Waals surface area contributed by atoms with Gasteiger partial charge in [-0.3, -0.25) is 9.59 Å². The Kier molecular flexibility index (Phi) is 5.34. The number of hydrogen-bond acceptors (Lipinski definition) is 3. The number of benzene rings is 2. The number of aromatic nitrogens is 2. The highest BCUT2D eigenvalue weighted by Gasteiger charge is 2.18. The minimum Gasteiger partial charge on any atom is -0.340 e. The van der Waals surface area contributed by atoms with Crippen molar-refractivity contribution in [3.63, 3.8) is 0 Å². The molecule has 0 saturated carbocycles. The van der Waals surface area contributed by atoms with Crippen LogP contribution in [0.15, 0.2) is 67.3 Å². The Bertz CT molecular complexity index is 908. The highest BCUT2D eigenvalue weighted by atomic mass is 35.5. The molecule has 0 aliphatic rings. The average molecular weight is 369 g/mol. The van der Waals surface area contributed by atoms with Gasteiger partial charge in [-0.05, 0) is 43.3 Å². The van der Waals surface area contributed by atoms with Crippen molar-refractivity contribution < 1.29 is 9.59 Å². The molecule has 0 aliphatic carbocycles. The molecular weight excluding hydrogens is 352 g/mol. The lowest BCUT2D eigenvalue weighted by atomic mass is 10.2. The predicted molar refractivity (Wildman–Crippen MR) is 101 cm³/mol. The van der Waals surface area contributed by atoms with E-state index in [-0.39, 0.29) is 5.91 Å². The van der Waals surface area contributed by atoms with Crippen LogP contribution in [0.4, 0.5) is 5.69 Å². The van der Waals surface area contributed by atoms with Crippen molar-refractivity contribution in [2.45, 2.75) is 13.0 Å². The van der Waals surface area contributed by atoms with Crippen LogP contribution in [0.1, 0.15) is 17.3 Å². The van der Waals surface area contributed by atoms with Crippen molar-refractivity contribution in [3.05, 3.63) is 77.8 Å². The number of rotatable bonds is 5. The molecule has 3 aromatic rings. The average Bonchev–Trinajstić information content (AvgIpc) is 3.17. The van der Waals surface area contributed by atoms with Crippen molar-refractivity contribution in [2.24, 2.45) is 0 Å². The van der Waals surface area contributed by atoms with Gasteiger partial charge in [-0.1, -0.05) is 23.7 Å². The van der Waals surface area contributed by atoms with E-state index >= 15 is 0 Å². The molecule has 0 radical (unpaired) electrons. The topological polar surface area (TPSA) is 76.0 Å². The Morgan fingerprint density at radius 1 is 1.12 bits per heavy atom. The van der Waals surface area contributed by atoms with E-state index in [0.29, 0.717) is 16.3 Å². The molecule has 26 heavy (non-hydrogen) atoms. The zero-order chi connectivity index (χ0) is 18.5. The lowest BCUT2D eigenvalue weighted by Gasteiger charge is -2.15. The second kappa shape index (κ2) is 7.84. The number of nitrogens with zero attached hydrogens (tertiary/aromatic N) is 2. The van der Waals surface area contributed by atoms with Crippen molar-refractivity contribution in [1.82, 2.24) is 14.9 Å². The van der Waals surface area contributed by atoms with Crippen molar-refractivity contribution >= 4 is 29.1 Å². The molecule has 1 atom stereocenters. The smallest absolute Gasteiger partial charge is 0.253 e. The van der Waals surface area contributed by atoms with E-state index in [9.17, 15) is 9.59 Å². The van der Waals surface area contributed by atoms with Crippen LogP contribution in [-0.4, -0.2) is 27.4 Å². The Balaban J connectivity index is 1.60. The van der Waals surface area contributed by atoms with Gasteiger partial charge in [0.25, 0.3) is 5.91 Å². The summed E-state index contributed by atoms with van der Waals surface area (Å²) < 4.78 is 1.86. The molecule has 2 amide bonds. The molecule has 3 rings (SSSR count). The van der Waals surface area contributed by atoms with Crippen LogP contribution in [0.25, 0.3) is 5.69 Å². The first kappa shape index (κ1) is 17.7.